The molecule has 0 bridgehead atoms. The minimum Gasteiger partial charge on any atom is -0.340 e. The first kappa shape index (κ1) is 5.35. The van der Waals surface area contributed by atoms with Gasteiger partial charge in [-0.3, -0.25) is 0 Å². The van der Waals surface area contributed by atoms with Crippen LogP contribution in [0.1, 0.15) is 0 Å². The normalized spacial score (nSPS) is 8.40. The molecule has 0 heterocycles. The predicted octanol–water partition coefficient (Wildman–Crippen LogP) is 0.788. The van der Waals surface area contributed by atoms with Gasteiger partial charge in [-0.15, -0.1) is 0 Å². The van der Waals surface area contributed by atoms with Crippen LogP contribution in [0.25, 0.3) is 0 Å². The fraction of sp³-hybridized carbons (Fsp3) is 1.00. The standard InChI is InChI=1S/C2H7O2P/c1-3-5-4-2/h5H,1-2H3. The Morgan fingerprint density at radius 2 is 1.60 bits per heavy atom. The summed E-state index contributed by atoms with van der Waals surface area (Å²) in [5.74, 6) is 0. The third kappa shape index (κ3) is 4.35. The summed E-state index contributed by atoms with van der Waals surface area (Å²) in [7, 11) is 3.40. The first-order chi connectivity index (χ1) is 2.41. The van der Waals surface area contributed by atoms with Gasteiger partial charge in [-0.2, -0.15) is 0 Å². The number of hydrogen-bond donors (Lipinski definition) is 0. The molecule has 0 radical (unpaired) electrons. The fourth-order valence-electron chi connectivity index (χ4n) is 0.0833. The molecule has 0 aromatic rings. The molecule has 0 aliphatic carbocycles. The second kappa shape index (κ2) is 4.35. The Labute approximate surface area is 33.4 Å². The van der Waals surface area contributed by atoms with E-state index in [1.807, 2.05) is 0 Å². The van der Waals surface area contributed by atoms with Crippen LogP contribution in [0.5, 0.6) is 0 Å². The van der Waals surface area contributed by atoms with Crippen LogP contribution in [-0.4, -0.2) is 14.2 Å². The third-order valence-electron chi connectivity index (χ3n) is 0.167. The van der Waals surface area contributed by atoms with Gasteiger partial charge in [-0.1, -0.05) is 0 Å². The van der Waals surface area contributed by atoms with E-state index >= 15 is 0 Å². The summed E-state index contributed by atoms with van der Waals surface area (Å²) in [6.07, 6.45) is 0. The van der Waals surface area contributed by atoms with Crippen molar-refractivity contribution in [3.63, 3.8) is 0 Å². The second-order valence-electron chi connectivity index (χ2n) is 0.492. The fourth-order valence-corrected chi connectivity index (χ4v) is 0.250. The Morgan fingerprint density at radius 3 is 1.60 bits per heavy atom. The van der Waals surface area contributed by atoms with E-state index in [1.165, 1.54) is 0 Å². The smallest absolute Gasteiger partial charge is 0.154 e. The molecule has 0 amide bonds. The largest absolute Gasteiger partial charge is 0.340 e. The zero-order valence-corrected chi connectivity index (χ0v) is 4.32. The van der Waals surface area contributed by atoms with E-state index in [4.69, 9.17) is 0 Å². The van der Waals surface area contributed by atoms with E-state index in [2.05, 4.69) is 9.05 Å². The molecular weight excluding hydrogens is 87.0 g/mol. The van der Waals surface area contributed by atoms with Gasteiger partial charge in [0.1, 0.15) is 0 Å². The van der Waals surface area contributed by atoms with Crippen molar-refractivity contribution in [2.24, 2.45) is 0 Å². The molecule has 0 aliphatic rings. The molecule has 0 fully saturated rings. The average molecular weight is 94.0 g/mol. The molecule has 0 aromatic heterocycles. The summed E-state index contributed by atoms with van der Waals surface area (Å²) in [6.45, 7) is 0. The molecule has 0 spiro atoms. The zero-order chi connectivity index (χ0) is 4.12. The first-order valence-corrected chi connectivity index (χ1v) is 2.04. The molecule has 0 N–H and O–H groups in total. The average Bonchev–Trinajstić information content (AvgIpc) is 1.41. The molecule has 0 saturated carbocycles. The highest BCUT2D eigenvalue weighted by atomic mass is 31.1. The van der Waals surface area contributed by atoms with Crippen LogP contribution in [0, 0.1) is 0 Å². The lowest BCUT2D eigenvalue weighted by Gasteiger charge is -1.86. The summed E-state index contributed by atoms with van der Waals surface area (Å²) in [5.41, 5.74) is 0. The summed E-state index contributed by atoms with van der Waals surface area (Å²) < 4.78 is 8.99. The zero-order valence-electron chi connectivity index (χ0n) is 3.32. The number of hydrogen-bond acceptors (Lipinski definition) is 2. The van der Waals surface area contributed by atoms with Crippen LogP contribution in [0.3, 0.4) is 0 Å². The van der Waals surface area contributed by atoms with Gasteiger partial charge in [-0.25, -0.2) is 0 Å². The molecule has 0 unspecified atom stereocenters. The molecule has 0 rings (SSSR count). The molecule has 32 valence electrons. The van der Waals surface area contributed by atoms with Crippen molar-refractivity contribution < 1.29 is 9.05 Å². The Morgan fingerprint density at radius 1 is 1.20 bits per heavy atom. The Kier molecular flexibility index (Phi) is 4.65. The van der Waals surface area contributed by atoms with Gasteiger partial charge in [0.05, 0.1) is 0 Å². The Bertz CT molecular complexity index is 15.1. The molecule has 2 nitrogen and oxygen atoms in total. The van der Waals surface area contributed by atoms with Crippen molar-refractivity contribution in [2.45, 2.75) is 0 Å². The van der Waals surface area contributed by atoms with E-state index in [9.17, 15) is 0 Å². The van der Waals surface area contributed by atoms with Crippen molar-refractivity contribution >= 4 is 9.03 Å². The van der Waals surface area contributed by atoms with Gasteiger partial charge in [0, 0.05) is 14.2 Å². The highest BCUT2D eigenvalue weighted by molar-refractivity contribution is 7.26. The van der Waals surface area contributed by atoms with Crippen LogP contribution >= 0.6 is 9.03 Å². The van der Waals surface area contributed by atoms with Crippen molar-refractivity contribution in [2.75, 3.05) is 14.2 Å². The molecular formula is C2H7O2P. The minimum absolute atomic E-state index is 0.198. The highest BCUT2D eigenvalue weighted by Crippen LogP contribution is 2.05. The van der Waals surface area contributed by atoms with Crippen molar-refractivity contribution in [3.05, 3.63) is 0 Å². The van der Waals surface area contributed by atoms with Gasteiger partial charge in [0.2, 0.25) is 0 Å². The molecule has 0 saturated heterocycles. The minimum atomic E-state index is 0.198. The molecule has 3 heteroatoms. The van der Waals surface area contributed by atoms with Crippen LogP contribution in [0.15, 0.2) is 0 Å². The van der Waals surface area contributed by atoms with Gasteiger partial charge in [0.15, 0.2) is 9.03 Å². The lowest BCUT2D eigenvalue weighted by Crippen LogP contribution is -1.60. The second-order valence-corrected chi connectivity index (χ2v) is 1.47. The van der Waals surface area contributed by atoms with Gasteiger partial charge in [-0.05, 0) is 0 Å². The van der Waals surface area contributed by atoms with E-state index in [0.29, 0.717) is 0 Å². The van der Waals surface area contributed by atoms with Crippen LogP contribution in [0.2, 0.25) is 0 Å². The SMILES string of the molecule is COPOC. The van der Waals surface area contributed by atoms with Crippen molar-refractivity contribution in [3.8, 4) is 0 Å². The van der Waals surface area contributed by atoms with Gasteiger partial charge >= 0.3 is 0 Å². The van der Waals surface area contributed by atoms with E-state index < -0.39 is 0 Å². The maximum atomic E-state index is 4.50. The van der Waals surface area contributed by atoms with Crippen LogP contribution in [-0.2, 0) is 9.05 Å². The lowest BCUT2D eigenvalue weighted by molar-refractivity contribution is 0.362. The van der Waals surface area contributed by atoms with Crippen molar-refractivity contribution in [1.82, 2.24) is 0 Å². The molecule has 0 atom stereocenters. The van der Waals surface area contributed by atoms with Crippen LogP contribution in [0.4, 0.5) is 0 Å². The summed E-state index contributed by atoms with van der Waals surface area (Å²) >= 11 is 0. The van der Waals surface area contributed by atoms with Gasteiger partial charge < -0.3 is 9.05 Å². The van der Waals surface area contributed by atoms with Gasteiger partial charge in [0.25, 0.3) is 0 Å². The van der Waals surface area contributed by atoms with Crippen LogP contribution < -0.4 is 0 Å². The molecule has 5 heavy (non-hydrogen) atoms. The lowest BCUT2D eigenvalue weighted by atomic mass is 11.8. The maximum Gasteiger partial charge on any atom is 0.154 e. The van der Waals surface area contributed by atoms with E-state index in [-0.39, 0.29) is 9.03 Å². The monoisotopic (exact) mass is 94.0 g/mol. The summed E-state index contributed by atoms with van der Waals surface area (Å²) in [5, 5.41) is 0. The number of rotatable bonds is 2. The first-order valence-electron chi connectivity index (χ1n) is 1.22. The summed E-state index contributed by atoms with van der Waals surface area (Å²) in [4.78, 5) is 0. The quantitative estimate of drug-likeness (QED) is 0.471. The Hall–Kier alpha value is 0.350. The summed E-state index contributed by atoms with van der Waals surface area (Å²) in [6, 6.07) is 0. The van der Waals surface area contributed by atoms with Crippen molar-refractivity contribution in [1.29, 1.82) is 0 Å². The van der Waals surface area contributed by atoms with E-state index in [1.54, 1.807) is 14.2 Å². The van der Waals surface area contributed by atoms with E-state index in [0.717, 1.165) is 0 Å². The molecule has 0 aliphatic heterocycles. The topological polar surface area (TPSA) is 18.5 Å². The maximum absolute atomic E-state index is 4.50. The predicted molar refractivity (Wildman–Crippen MR) is 22.3 cm³/mol. The molecule has 0 aromatic carbocycles. The highest BCUT2D eigenvalue weighted by Gasteiger charge is 1.64. The Balaban J connectivity index is 2.19. The third-order valence-corrected chi connectivity index (χ3v) is 0.500.